The molecule has 0 radical (unpaired) electrons. The third kappa shape index (κ3) is 3.44. The first kappa shape index (κ1) is 14.0. The zero-order chi connectivity index (χ0) is 13.7. The van der Waals surface area contributed by atoms with E-state index in [-0.39, 0.29) is 18.0 Å². The Morgan fingerprint density at radius 1 is 1.44 bits per heavy atom. The highest BCUT2D eigenvalue weighted by Crippen LogP contribution is 2.17. The Kier molecular flexibility index (Phi) is 4.65. The van der Waals surface area contributed by atoms with Crippen LogP contribution in [0.25, 0.3) is 0 Å². The Bertz CT molecular complexity index is 463. The Labute approximate surface area is 104 Å². The highest BCUT2D eigenvalue weighted by Gasteiger charge is 2.14. The van der Waals surface area contributed by atoms with Crippen molar-refractivity contribution in [1.29, 1.82) is 0 Å². The van der Waals surface area contributed by atoms with Crippen LogP contribution in [0.3, 0.4) is 0 Å². The van der Waals surface area contributed by atoms with E-state index in [1.807, 2.05) is 6.92 Å². The fraction of sp³-hybridized carbons (Fsp3) is 0.333. The molecule has 0 atom stereocenters. The standard InChI is InChI=1S/C12H15FN2O3/c1-3-15(2)11(17)7-14-12(18)9-5-4-8(13)6-10(9)16/h4-6,16H,3,7H2,1-2H3,(H,14,18). The van der Waals surface area contributed by atoms with E-state index in [4.69, 9.17) is 0 Å². The summed E-state index contributed by atoms with van der Waals surface area (Å²) in [7, 11) is 1.61. The Hall–Kier alpha value is -2.11. The van der Waals surface area contributed by atoms with Gasteiger partial charge < -0.3 is 15.3 Å². The van der Waals surface area contributed by atoms with E-state index >= 15 is 0 Å². The molecule has 5 nitrogen and oxygen atoms in total. The molecule has 2 amide bonds. The summed E-state index contributed by atoms with van der Waals surface area (Å²) in [5.74, 6) is -1.95. The number of carbonyl (C=O) groups excluding carboxylic acids is 2. The number of amides is 2. The van der Waals surface area contributed by atoms with Crippen molar-refractivity contribution >= 4 is 11.8 Å². The van der Waals surface area contributed by atoms with E-state index in [1.54, 1.807) is 7.05 Å². The number of aromatic hydroxyl groups is 1. The van der Waals surface area contributed by atoms with Crippen LogP contribution in [0, 0.1) is 5.82 Å². The van der Waals surface area contributed by atoms with Gasteiger partial charge in [0.2, 0.25) is 5.91 Å². The van der Waals surface area contributed by atoms with E-state index in [9.17, 15) is 19.1 Å². The monoisotopic (exact) mass is 254 g/mol. The highest BCUT2D eigenvalue weighted by molar-refractivity contribution is 5.98. The van der Waals surface area contributed by atoms with Crippen LogP contribution in [-0.2, 0) is 4.79 Å². The van der Waals surface area contributed by atoms with E-state index in [0.717, 1.165) is 18.2 Å². The molecule has 1 aromatic carbocycles. The van der Waals surface area contributed by atoms with Crippen molar-refractivity contribution in [3.05, 3.63) is 29.6 Å². The van der Waals surface area contributed by atoms with Crippen molar-refractivity contribution < 1.29 is 19.1 Å². The molecule has 0 saturated carbocycles. The van der Waals surface area contributed by atoms with E-state index < -0.39 is 17.5 Å². The number of phenols is 1. The predicted octanol–water partition coefficient (Wildman–Crippen LogP) is 0.739. The molecule has 6 heteroatoms. The summed E-state index contributed by atoms with van der Waals surface area (Å²) in [5.41, 5.74) is -0.0663. The molecular weight excluding hydrogens is 239 g/mol. The summed E-state index contributed by atoms with van der Waals surface area (Å²) >= 11 is 0. The fourth-order valence-electron chi connectivity index (χ4n) is 1.26. The molecule has 18 heavy (non-hydrogen) atoms. The van der Waals surface area contributed by atoms with Crippen LogP contribution in [0.15, 0.2) is 18.2 Å². The average Bonchev–Trinajstić information content (AvgIpc) is 2.34. The van der Waals surface area contributed by atoms with Crippen LogP contribution in [0.5, 0.6) is 5.75 Å². The first-order valence-corrected chi connectivity index (χ1v) is 5.46. The largest absolute Gasteiger partial charge is 0.507 e. The minimum Gasteiger partial charge on any atom is -0.507 e. The first-order chi connectivity index (χ1) is 8.45. The van der Waals surface area contributed by atoms with E-state index in [2.05, 4.69) is 5.32 Å². The molecule has 0 saturated heterocycles. The summed E-state index contributed by atoms with van der Waals surface area (Å²) < 4.78 is 12.7. The molecule has 0 aliphatic heterocycles. The fourth-order valence-corrected chi connectivity index (χ4v) is 1.26. The van der Waals surface area contributed by atoms with Crippen molar-refractivity contribution in [3.8, 4) is 5.75 Å². The maximum absolute atomic E-state index is 12.7. The van der Waals surface area contributed by atoms with Crippen LogP contribution in [0.4, 0.5) is 4.39 Å². The van der Waals surface area contributed by atoms with Gasteiger partial charge in [-0.05, 0) is 19.1 Å². The van der Waals surface area contributed by atoms with Crippen molar-refractivity contribution in [2.45, 2.75) is 6.92 Å². The Balaban J connectivity index is 2.63. The van der Waals surface area contributed by atoms with Gasteiger partial charge in [0, 0.05) is 19.7 Å². The smallest absolute Gasteiger partial charge is 0.255 e. The predicted molar refractivity (Wildman–Crippen MR) is 63.7 cm³/mol. The molecule has 0 aliphatic rings. The molecule has 98 valence electrons. The first-order valence-electron chi connectivity index (χ1n) is 5.46. The summed E-state index contributed by atoms with van der Waals surface area (Å²) in [6.45, 7) is 2.18. The van der Waals surface area contributed by atoms with Crippen LogP contribution in [0.1, 0.15) is 17.3 Å². The SMILES string of the molecule is CCN(C)C(=O)CNC(=O)c1ccc(F)cc1O. The second-order valence-electron chi connectivity index (χ2n) is 3.75. The minimum absolute atomic E-state index is 0.0663. The van der Waals surface area contributed by atoms with E-state index in [0.29, 0.717) is 6.54 Å². The number of halogens is 1. The number of benzene rings is 1. The zero-order valence-corrected chi connectivity index (χ0v) is 10.2. The molecule has 0 fully saturated rings. The topological polar surface area (TPSA) is 69.6 Å². The quantitative estimate of drug-likeness (QED) is 0.832. The van der Waals surface area contributed by atoms with Crippen LogP contribution in [-0.4, -0.2) is 42.0 Å². The van der Waals surface area contributed by atoms with Crippen molar-refractivity contribution in [1.82, 2.24) is 10.2 Å². The number of likely N-dealkylation sites (N-methyl/N-ethyl adjacent to an activating group) is 1. The van der Waals surface area contributed by atoms with Crippen molar-refractivity contribution in [3.63, 3.8) is 0 Å². The lowest BCUT2D eigenvalue weighted by atomic mass is 10.2. The maximum atomic E-state index is 12.7. The van der Waals surface area contributed by atoms with Crippen molar-refractivity contribution in [2.75, 3.05) is 20.1 Å². The number of rotatable bonds is 4. The Morgan fingerprint density at radius 2 is 2.11 bits per heavy atom. The lowest BCUT2D eigenvalue weighted by Crippen LogP contribution is -2.38. The number of hydrogen-bond acceptors (Lipinski definition) is 3. The van der Waals surface area contributed by atoms with Gasteiger partial charge in [-0.1, -0.05) is 0 Å². The van der Waals surface area contributed by atoms with Gasteiger partial charge in [0.05, 0.1) is 12.1 Å². The van der Waals surface area contributed by atoms with Gasteiger partial charge in [-0.3, -0.25) is 9.59 Å². The lowest BCUT2D eigenvalue weighted by Gasteiger charge is -2.14. The zero-order valence-electron chi connectivity index (χ0n) is 10.2. The molecule has 0 aromatic heterocycles. The van der Waals surface area contributed by atoms with Gasteiger partial charge in [0.1, 0.15) is 11.6 Å². The highest BCUT2D eigenvalue weighted by atomic mass is 19.1. The maximum Gasteiger partial charge on any atom is 0.255 e. The van der Waals surface area contributed by atoms with Gasteiger partial charge in [-0.15, -0.1) is 0 Å². The summed E-state index contributed by atoms with van der Waals surface area (Å²) in [6.07, 6.45) is 0. The summed E-state index contributed by atoms with van der Waals surface area (Å²) in [6, 6.07) is 3.07. The molecule has 0 spiro atoms. The van der Waals surface area contributed by atoms with Crippen molar-refractivity contribution in [2.24, 2.45) is 0 Å². The molecule has 1 rings (SSSR count). The van der Waals surface area contributed by atoms with Gasteiger partial charge >= 0.3 is 0 Å². The summed E-state index contributed by atoms with van der Waals surface area (Å²) in [5, 5.41) is 11.7. The number of nitrogens with one attached hydrogen (secondary N) is 1. The number of hydrogen-bond donors (Lipinski definition) is 2. The van der Waals surface area contributed by atoms with E-state index in [1.165, 1.54) is 4.90 Å². The third-order valence-electron chi connectivity index (χ3n) is 2.50. The molecule has 0 aliphatic carbocycles. The number of carbonyl (C=O) groups is 2. The molecule has 0 bridgehead atoms. The number of nitrogens with zero attached hydrogens (tertiary/aromatic N) is 1. The normalized spacial score (nSPS) is 9.94. The number of phenolic OH excluding ortho intramolecular Hbond substituents is 1. The second-order valence-corrected chi connectivity index (χ2v) is 3.75. The minimum atomic E-state index is -0.633. The molecule has 0 heterocycles. The second kappa shape index (κ2) is 6.00. The van der Waals surface area contributed by atoms with Gasteiger partial charge in [0.25, 0.3) is 5.91 Å². The van der Waals surface area contributed by atoms with Gasteiger partial charge in [-0.2, -0.15) is 0 Å². The Morgan fingerprint density at radius 3 is 2.67 bits per heavy atom. The van der Waals surface area contributed by atoms with Gasteiger partial charge in [0.15, 0.2) is 0 Å². The van der Waals surface area contributed by atoms with Crippen LogP contribution >= 0.6 is 0 Å². The summed E-state index contributed by atoms with van der Waals surface area (Å²) in [4.78, 5) is 24.5. The molecular formula is C12H15FN2O3. The molecule has 1 aromatic rings. The van der Waals surface area contributed by atoms with Crippen LogP contribution < -0.4 is 5.32 Å². The molecule has 0 unspecified atom stereocenters. The van der Waals surface area contributed by atoms with Crippen LogP contribution in [0.2, 0.25) is 0 Å². The lowest BCUT2D eigenvalue weighted by molar-refractivity contribution is -0.128. The average molecular weight is 254 g/mol. The third-order valence-corrected chi connectivity index (χ3v) is 2.50. The molecule has 2 N–H and O–H groups in total. The van der Waals surface area contributed by atoms with Gasteiger partial charge in [-0.25, -0.2) is 4.39 Å².